The summed E-state index contributed by atoms with van der Waals surface area (Å²) >= 11 is 6.15. The van der Waals surface area contributed by atoms with E-state index in [0.29, 0.717) is 17.2 Å². The minimum absolute atomic E-state index is 0.372. The van der Waals surface area contributed by atoms with Crippen molar-refractivity contribution in [2.75, 3.05) is 7.11 Å². The first-order valence-electron chi connectivity index (χ1n) is 6.60. The Labute approximate surface area is 127 Å². The SMILES string of the molecule is COc1ccccc1Cc1nnc2c(Cl)nc(C)c(C)n12. The highest BCUT2D eigenvalue weighted by Gasteiger charge is 2.15. The lowest BCUT2D eigenvalue weighted by molar-refractivity contribution is 0.410. The molecule has 0 bridgehead atoms. The number of hydrogen-bond donors (Lipinski definition) is 0. The van der Waals surface area contributed by atoms with Crippen molar-refractivity contribution in [2.24, 2.45) is 0 Å². The first-order valence-corrected chi connectivity index (χ1v) is 6.98. The fourth-order valence-electron chi connectivity index (χ4n) is 2.38. The molecule has 0 amide bonds. The summed E-state index contributed by atoms with van der Waals surface area (Å²) in [5.41, 5.74) is 3.50. The molecule has 2 heterocycles. The average Bonchev–Trinajstić information content (AvgIpc) is 2.90. The fraction of sp³-hybridized carbons (Fsp3) is 0.267. The van der Waals surface area contributed by atoms with Gasteiger partial charge in [-0.1, -0.05) is 29.8 Å². The van der Waals surface area contributed by atoms with Crippen LogP contribution in [0.2, 0.25) is 5.15 Å². The Morgan fingerprint density at radius 1 is 1.19 bits per heavy atom. The molecule has 3 aromatic rings. The van der Waals surface area contributed by atoms with E-state index in [9.17, 15) is 0 Å². The first-order chi connectivity index (χ1) is 10.1. The maximum atomic E-state index is 6.15. The van der Waals surface area contributed by atoms with Crippen LogP contribution in [-0.4, -0.2) is 26.7 Å². The molecule has 0 N–H and O–H groups in total. The molecule has 1 aromatic carbocycles. The van der Waals surface area contributed by atoms with Crippen molar-refractivity contribution < 1.29 is 4.74 Å². The zero-order valence-electron chi connectivity index (χ0n) is 12.1. The number of hydrogen-bond acceptors (Lipinski definition) is 4. The summed E-state index contributed by atoms with van der Waals surface area (Å²) in [7, 11) is 1.66. The minimum Gasteiger partial charge on any atom is -0.496 e. The number of benzene rings is 1. The van der Waals surface area contributed by atoms with Crippen molar-refractivity contribution in [2.45, 2.75) is 20.3 Å². The lowest BCUT2D eigenvalue weighted by Crippen LogP contribution is -2.04. The van der Waals surface area contributed by atoms with Crippen LogP contribution < -0.4 is 4.74 Å². The second-order valence-electron chi connectivity index (χ2n) is 4.84. The molecule has 2 aromatic heterocycles. The molecule has 3 rings (SSSR count). The normalized spacial score (nSPS) is 11.0. The maximum Gasteiger partial charge on any atom is 0.198 e. The second-order valence-corrected chi connectivity index (χ2v) is 5.20. The molecule has 6 heteroatoms. The topological polar surface area (TPSA) is 52.3 Å². The molecule has 0 aliphatic rings. The van der Waals surface area contributed by atoms with Crippen LogP contribution in [-0.2, 0) is 6.42 Å². The summed E-state index contributed by atoms with van der Waals surface area (Å²) in [6.07, 6.45) is 0.617. The summed E-state index contributed by atoms with van der Waals surface area (Å²) in [5, 5.41) is 8.78. The fourth-order valence-corrected chi connectivity index (χ4v) is 2.63. The Morgan fingerprint density at radius 2 is 1.95 bits per heavy atom. The smallest absolute Gasteiger partial charge is 0.198 e. The third-order valence-electron chi connectivity index (χ3n) is 3.58. The third kappa shape index (κ3) is 2.34. The zero-order chi connectivity index (χ0) is 15.0. The molecular formula is C15H15ClN4O. The number of para-hydroxylation sites is 1. The number of aromatic nitrogens is 4. The predicted molar refractivity (Wildman–Crippen MR) is 81.1 cm³/mol. The quantitative estimate of drug-likeness (QED) is 0.746. The van der Waals surface area contributed by atoms with Crippen molar-refractivity contribution in [1.29, 1.82) is 0 Å². The van der Waals surface area contributed by atoms with Gasteiger partial charge in [0.1, 0.15) is 11.6 Å². The van der Waals surface area contributed by atoms with Crippen LogP contribution in [0, 0.1) is 13.8 Å². The number of rotatable bonds is 3. The van der Waals surface area contributed by atoms with E-state index in [-0.39, 0.29) is 0 Å². The van der Waals surface area contributed by atoms with Gasteiger partial charge in [-0.05, 0) is 19.9 Å². The molecular weight excluding hydrogens is 288 g/mol. The molecule has 0 unspecified atom stereocenters. The number of fused-ring (bicyclic) bond motifs is 1. The van der Waals surface area contributed by atoms with Crippen molar-refractivity contribution >= 4 is 17.2 Å². The summed E-state index contributed by atoms with van der Waals surface area (Å²) < 4.78 is 7.34. The van der Waals surface area contributed by atoms with Gasteiger partial charge in [0.15, 0.2) is 10.8 Å². The van der Waals surface area contributed by atoms with Crippen molar-refractivity contribution in [3.63, 3.8) is 0 Å². The molecule has 5 nitrogen and oxygen atoms in total. The van der Waals surface area contributed by atoms with E-state index in [1.54, 1.807) is 7.11 Å². The van der Waals surface area contributed by atoms with Gasteiger partial charge in [0.25, 0.3) is 0 Å². The Morgan fingerprint density at radius 3 is 2.71 bits per heavy atom. The summed E-state index contributed by atoms with van der Waals surface area (Å²) in [4.78, 5) is 4.27. The van der Waals surface area contributed by atoms with Gasteiger partial charge in [-0.15, -0.1) is 10.2 Å². The number of methoxy groups -OCH3 is 1. The number of nitrogens with zero attached hydrogens (tertiary/aromatic N) is 4. The standard InChI is InChI=1S/C15H15ClN4O/c1-9-10(2)20-13(18-19-15(20)14(16)17-9)8-11-6-4-5-7-12(11)21-3/h4-7H,8H2,1-3H3. The summed E-state index contributed by atoms with van der Waals surface area (Å²) in [6.45, 7) is 3.91. The lowest BCUT2D eigenvalue weighted by Gasteiger charge is -2.09. The highest BCUT2D eigenvalue weighted by molar-refractivity contribution is 6.32. The molecule has 0 aliphatic heterocycles. The van der Waals surface area contributed by atoms with Crippen molar-refractivity contribution in [3.05, 3.63) is 52.2 Å². The lowest BCUT2D eigenvalue weighted by atomic mass is 10.1. The van der Waals surface area contributed by atoms with Gasteiger partial charge in [0, 0.05) is 17.7 Å². The molecule has 0 saturated heterocycles. The van der Waals surface area contributed by atoms with E-state index in [1.165, 1.54) is 0 Å². The zero-order valence-corrected chi connectivity index (χ0v) is 12.8. The monoisotopic (exact) mass is 302 g/mol. The van der Waals surface area contributed by atoms with E-state index in [0.717, 1.165) is 28.5 Å². The van der Waals surface area contributed by atoms with Gasteiger partial charge >= 0.3 is 0 Å². The van der Waals surface area contributed by atoms with Gasteiger partial charge < -0.3 is 4.74 Å². The Bertz CT molecular complexity index is 813. The Hall–Kier alpha value is -2.14. The first kappa shape index (κ1) is 13.8. The van der Waals surface area contributed by atoms with Crippen molar-refractivity contribution in [3.8, 4) is 5.75 Å². The second kappa shape index (κ2) is 5.33. The van der Waals surface area contributed by atoms with E-state index >= 15 is 0 Å². The predicted octanol–water partition coefficient (Wildman–Crippen LogP) is 2.99. The molecule has 0 fully saturated rings. The average molecular weight is 303 g/mol. The molecule has 0 spiro atoms. The minimum atomic E-state index is 0.372. The Kier molecular flexibility index (Phi) is 3.51. The molecule has 21 heavy (non-hydrogen) atoms. The highest BCUT2D eigenvalue weighted by atomic mass is 35.5. The van der Waals surface area contributed by atoms with Crippen LogP contribution in [0.25, 0.3) is 5.65 Å². The van der Waals surface area contributed by atoms with Crippen LogP contribution in [0.4, 0.5) is 0 Å². The van der Waals surface area contributed by atoms with Gasteiger partial charge in [-0.2, -0.15) is 0 Å². The van der Waals surface area contributed by atoms with E-state index in [2.05, 4.69) is 15.2 Å². The molecule has 0 saturated carbocycles. The van der Waals surface area contributed by atoms with Crippen LogP contribution in [0.15, 0.2) is 24.3 Å². The number of halogens is 1. The van der Waals surface area contributed by atoms with Crippen LogP contribution >= 0.6 is 11.6 Å². The maximum absolute atomic E-state index is 6.15. The molecule has 0 aliphatic carbocycles. The van der Waals surface area contributed by atoms with Crippen LogP contribution in [0.3, 0.4) is 0 Å². The largest absolute Gasteiger partial charge is 0.496 e. The van der Waals surface area contributed by atoms with Crippen LogP contribution in [0.5, 0.6) is 5.75 Å². The number of aryl methyl sites for hydroxylation is 2. The number of ether oxygens (including phenoxy) is 1. The summed E-state index contributed by atoms with van der Waals surface area (Å²) in [6, 6.07) is 7.88. The molecule has 0 atom stereocenters. The van der Waals surface area contributed by atoms with Crippen molar-refractivity contribution in [1.82, 2.24) is 19.6 Å². The van der Waals surface area contributed by atoms with E-state index in [4.69, 9.17) is 16.3 Å². The van der Waals surface area contributed by atoms with E-state index in [1.807, 2.05) is 42.5 Å². The van der Waals surface area contributed by atoms with E-state index < -0.39 is 0 Å². The molecule has 108 valence electrons. The Balaban J connectivity index is 2.14. The highest BCUT2D eigenvalue weighted by Crippen LogP contribution is 2.23. The van der Waals surface area contributed by atoms with Gasteiger partial charge in [0.05, 0.1) is 12.8 Å². The summed E-state index contributed by atoms with van der Waals surface area (Å²) in [5.74, 6) is 1.66. The van der Waals surface area contributed by atoms with Gasteiger partial charge in [-0.3, -0.25) is 4.40 Å². The van der Waals surface area contributed by atoms with Gasteiger partial charge in [0.2, 0.25) is 0 Å². The molecule has 0 radical (unpaired) electrons. The van der Waals surface area contributed by atoms with Gasteiger partial charge in [-0.25, -0.2) is 4.98 Å². The third-order valence-corrected chi connectivity index (χ3v) is 3.83. The van der Waals surface area contributed by atoms with Crippen LogP contribution in [0.1, 0.15) is 22.8 Å².